The molecular formula is C18H22BrNO. The summed E-state index contributed by atoms with van der Waals surface area (Å²) in [5, 5.41) is 3.70. The molecule has 0 radical (unpaired) electrons. The van der Waals surface area contributed by atoms with E-state index in [1.807, 2.05) is 12.1 Å². The van der Waals surface area contributed by atoms with Crippen molar-refractivity contribution < 1.29 is 4.74 Å². The topological polar surface area (TPSA) is 21.3 Å². The summed E-state index contributed by atoms with van der Waals surface area (Å²) in [6, 6.07) is 17.4. The molecule has 0 saturated heterocycles. The van der Waals surface area contributed by atoms with Gasteiger partial charge in [0.2, 0.25) is 0 Å². The van der Waals surface area contributed by atoms with Gasteiger partial charge in [-0.2, -0.15) is 0 Å². The van der Waals surface area contributed by atoms with E-state index in [1.54, 1.807) is 7.11 Å². The van der Waals surface area contributed by atoms with Gasteiger partial charge >= 0.3 is 0 Å². The predicted octanol–water partition coefficient (Wildman–Crippen LogP) is 5.26. The third kappa shape index (κ3) is 4.32. The number of hydrogen-bond donors (Lipinski definition) is 1. The zero-order valence-corrected chi connectivity index (χ0v) is 14.4. The second-order valence-corrected chi connectivity index (χ2v) is 6.09. The number of halogens is 1. The first-order chi connectivity index (χ1) is 10.1. The van der Waals surface area contributed by atoms with Crippen LogP contribution in [-0.2, 0) is 0 Å². The van der Waals surface area contributed by atoms with Crippen LogP contribution in [0.5, 0.6) is 5.75 Å². The Labute approximate surface area is 135 Å². The Morgan fingerprint density at radius 2 is 1.57 bits per heavy atom. The maximum absolute atomic E-state index is 5.21. The molecule has 0 bridgehead atoms. The molecule has 0 aliphatic rings. The van der Waals surface area contributed by atoms with Crippen molar-refractivity contribution >= 4 is 15.9 Å². The lowest BCUT2D eigenvalue weighted by atomic mass is 10.0. The monoisotopic (exact) mass is 347 g/mol. The number of nitrogens with one attached hydrogen (secondary N) is 1. The first-order valence-electron chi connectivity index (χ1n) is 7.29. The van der Waals surface area contributed by atoms with Crippen molar-refractivity contribution in [2.24, 2.45) is 0 Å². The lowest BCUT2D eigenvalue weighted by Crippen LogP contribution is -2.24. The molecule has 2 nitrogen and oxygen atoms in total. The van der Waals surface area contributed by atoms with Gasteiger partial charge in [-0.1, -0.05) is 47.1 Å². The minimum absolute atomic E-state index is 0.296. The maximum Gasteiger partial charge on any atom is 0.118 e. The molecule has 112 valence electrons. The molecule has 21 heavy (non-hydrogen) atoms. The van der Waals surface area contributed by atoms with Gasteiger partial charge < -0.3 is 10.1 Å². The quantitative estimate of drug-likeness (QED) is 0.769. The third-order valence-corrected chi connectivity index (χ3v) is 4.28. The molecule has 0 spiro atoms. The second-order valence-electron chi connectivity index (χ2n) is 5.17. The average molecular weight is 348 g/mol. The van der Waals surface area contributed by atoms with Crippen molar-refractivity contribution in [1.82, 2.24) is 5.32 Å². The molecule has 2 aromatic rings. The summed E-state index contributed by atoms with van der Waals surface area (Å²) in [6.07, 6.45) is 1.06. The van der Waals surface area contributed by atoms with Gasteiger partial charge in [-0.25, -0.2) is 0 Å². The van der Waals surface area contributed by atoms with Crippen LogP contribution in [-0.4, -0.2) is 7.11 Å². The Bertz CT molecular complexity index is 550. The van der Waals surface area contributed by atoms with E-state index in [-0.39, 0.29) is 0 Å². The van der Waals surface area contributed by atoms with Gasteiger partial charge in [0.1, 0.15) is 5.75 Å². The van der Waals surface area contributed by atoms with Crippen molar-refractivity contribution in [2.75, 3.05) is 7.11 Å². The van der Waals surface area contributed by atoms with E-state index in [1.165, 1.54) is 11.1 Å². The molecule has 2 rings (SSSR count). The Morgan fingerprint density at radius 1 is 1.00 bits per heavy atom. The molecule has 1 N–H and O–H groups in total. The molecule has 3 heteroatoms. The van der Waals surface area contributed by atoms with Crippen LogP contribution < -0.4 is 10.1 Å². The van der Waals surface area contributed by atoms with Gasteiger partial charge in [-0.05, 0) is 48.7 Å². The van der Waals surface area contributed by atoms with Gasteiger partial charge in [-0.3, -0.25) is 0 Å². The van der Waals surface area contributed by atoms with Crippen molar-refractivity contribution in [3.63, 3.8) is 0 Å². The van der Waals surface area contributed by atoms with E-state index < -0.39 is 0 Å². The van der Waals surface area contributed by atoms with Crippen LogP contribution in [0.15, 0.2) is 53.0 Å². The van der Waals surface area contributed by atoms with Crippen LogP contribution in [0.25, 0.3) is 0 Å². The van der Waals surface area contributed by atoms with Crippen molar-refractivity contribution in [3.05, 3.63) is 64.1 Å². The van der Waals surface area contributed by atoms with Crippen LogP contribution in [0.3, 0.4) is 0 Å². The average Bonchev–Trinajstić information content (AvgIpc) is 2.53. The SMILES string of the molecule is CCC(N[C@H](C)c1ccc(OC)cc1)c1ccc(Br)cc1. The zero-order valence-electron chi connectivity index (χ0n) is 12.8. The molecular weight excluding hydrogens is 326 g/mol. The molecule has 0 amide bonds. The highest BCUT2D eigenvalue weighted by atomic mass is 79.9. The number of rotatable bonds is 6. The van der Waals surface area contributed by atoms with Gasteiger partial charge in [0, 0.05) is 16.6 Å². The molecule has 2 aromatic carbocycles. The van der Waals surface area contributed by atoms with E-state index in [0.717, 1.165) is 16.6 Å². The number of ether oxygens (including phenoxy) is 1. The number of hydrogen-bond acceptors (Lipinski definition) is 2. The normalized spacial score (nSPS) is 13.7. The van der Waals surface area contributed by atoms with E-state index in [4.69, 9.17) is 4.74 Å². The van der Waals surface area contributed by atoms with Crippen LogP contribution in [0.1, 0.15) is 43.5 Å². The van der Waals surface area contributed by atoms with Crippen LogP contribution in [0, 0.1) is 0 Å². The van der Waals surface area contributed by atoms with Crippen molar-refractivity contribution in [1.29, 1.82) is 0 Å². The first kappa shape index (κ1) is 16.1. The zero-order chi connectivity index (χ0) is 15.2. The second kappa shape index (κ2) is 7.62. The van der Waals surface area contributed by atoms with Gasteiger partial charge in [0.15, 0.2) is 0 Å². The van der Waals surface area contributed by atoms with E-state index in [0.29, 0.717) is 12.1 Å². The highest BCUT2D eigenvalue weighted by molar-refractivity contribution is 9.10. The minimum Gasteiger partial charge on any atom is -0.497 e. The molecule has 0 aromatic heterocycles. The summed E-state index contributed by atoms with van der Waals surface area (Å²) < 4.78 is 6.32. The predicted molar refractivity (Wildman–Crippen MR) is 91.7 cm³/mol. The Hall–Kier alpha value is -1.32. The molecule has 0 fully saturated rings. The summed E-state index contributed by atoms with van der Waals surface area (Å²) >= 11 is 3.49. The van der Waals surface area contributed by atoms with Crippen LogP contribution >= 0.6 is 15.9 Å². The maximum atomic E-state index is 5.21. The van der Waals surface area contributed by atoms with Crippen LogP contribution in [0.2, 0.25) is 0 Å². The smallest absolute Gasteiger partial charge is 0.118 e. The molecule has 0 aliphatic heterocycles. The summed E-state index contributed by atoms with van der Waals surface area (Å²) in [6.45, 7) is 4.41. The van der Waals surface area contributed by atoms with Gasteiger partial charge in [0.25, 0.3) is 0 Å². The Morgan fingerprint density at radius 3 is 2.10 bits per heavy atom. The molecule has 0 heterocycles. The highest BCUT2D eigenvalue weighted by Gasteiger charge is 2.13. The largest absolute Gasteiger partial charge is 0.497 e. The lowest BCUT2D eigenvalue weighted by molar-refractivity contribution is 0.413. The molecule has 0 aliphatic carbocycles. The number of methoxy groups -OCH3 is 1. The summed E-state index contributed by atoms with van der Waals surface area (Å²) in [7, 11) is 1.69. The van der Waals surface area contributed by atoms with E-state index >= 15 is 0 Å². The van der Waals surface area contributed by atoms with Crippen molar-refractivity contribution in [2.45, 2.75) is 32.4 Å². The van der Waals surface area contributed by atoms with E-state index in [2.05, 4.69) is 71.5 Å². The standard InChI is InChI=1S/C18H22BrNO/c1-4-18(15-5-9-16(19)10-6-15)20-13(2)14-7-11-17(21-3)12-8-14/h5-13,18,20H,4H2,1-3H3/t13-,18?/m1/s1. The third-order valence-electron chi connectivity index (χ3n) is 3.75. The van der Waals surface area contributed by atoms with Crippen molar-refractivity contribution in [3.8, 4) is 5.75 Å². The molecule has 0 saturated carbocycles. The summed E-state index contributed by atoms with van der Waals surface area (Å²) in [4.78, 5) is 0. The molecule has 2 atom stereocenters. The van der Waals surface area contributed by atoms with Gasteiger partial charge in [-0.15, -0.1) is 0 Å². The Kier molecular flexibility index (Phi) is 5.83. The fraction of sp³-hybridized carbons (Fsp3) is 0.333. The Balaban J connectivity index is 2.08. The highest BCUT2D eigenvalue weighted by Crippen LogP contribution is 2.24. The van der Waals surface area contributed by atoms with E-state index in [9.17, 15) is 0 Å². The minimum atomic E-state index is 0.296. The van der Waals surface area contributed by atoms with Crippen LogP contribution in [0.4, 0.5) is 0 Å². The first-order valence-corrected chi connectivity index (χ1v) is 8.08. The lowest BCUT2D eigenvalue weighted by Gasteiger charge is -2.23. The fourth-order valence-corrected chi connectivity index (χ4v) is 2.70. The molecule has 1 unspecified atom stereocenters. The number of benzene rings is 2. The van der Waals surface area contributed by atoms with Gasteiger partial charge in [0.05, 0.1) is 7.11 Å². The summed E-state index contributed by atoms with van der Waals surface area (Å²) in [5.74, 6) is 0.894. The fourth-order valence-electron chi connectivity index (χ4n) is 2.44. The summed E-state index contributed by atoms with van der Waals surface area (Å²) in [5.41, 5.74) is 2.59.